The predicted molar refractivity (Wildman–Crippen MR) is 118 cm³/mol. The molecular formula is C23H24FN3O2S. The fourth-order valence-electron chi connectivity index (χ4n) is 2.85. The van der Waals surface area contributed by atoms with Crippen molar-refractivity contribution in [2.24, 2.45) is 0 Å². The summed E-state index contributed by atoms with van der Waals surface area (Å²) in [5.41, 5.74) is 3.14. The number of aromatic nitrogens is 1. The summed E-state index contributed by atoms with van der Waals surface area (Å²) in [5, 5.41) is 7.85. The predicted octanol–water partition coefficient (Wildman–Crippen LogP) is 5.45. The first kappa shape index (κ1) is 21.6. The van der Waals surface area contributed by atoms with Gasteiger partial charge in [0, 0.05) is 23.1 Å². The van der Waals surface area contributed by atoms with Gasteiger partial charge in [-0.1, -0.05) is 25.5 Å². The van der Waals surface area contributed by atoms with Crippen LogP contribution in [0.25, 0.3) is 0 Å². The molecule has 2 N–H and O–H groups in total. The van der Waals surface area contributed by atoms with Crippen molar-refractivity contribution in [1.82, 2.24) is 4.98 Å². The van der Waals surface area contributed by atoms with Gasteiger partial charge in [0.25, 0.3) is 5.91 Å². The normalized spacial score (nSPS) is 10.6. The zero-order chi connectivity index (χ0) is 21.3. The third-order valence-corrected chi connectivity index (χ3v) is 5.35. The molecule has 0 aliphatic carbocycles. The van der Waals surface area contributed by atoms with E-state index in [2.05, 4.69) is 22.5 Å². The maximum Gasteiger partial charge on any atom is 0.257 e. The van der Waals surface area contributed by atoms with E-state index in [0.29, 0.717) is 23.5 Å². The third-order valence-electron chi connectivity index (χ3n) is 4.54. The van der Waals surface area contributed by atoms with Crippen molar-refractivity contribution in [2.75, 3.05) is 10.6 Å². The van der Waals surface area contributed by atoms with Crippen molar-refractivity contribution >= 4 is 34.0 Å². The fraction of sp³-hybridized carbons (Fsp3) is 0.261. The van der Waals surface area contributed by atoms with Crippen molar-refractivity contribution in [3.63, 3.8) is 0 Å². The number of hydrogen-bond acceptors (Lipinski definition) is 4. The minimum absolute atomic E-state index is 0.0822. The lowest BCUT2D eigenvalue weighted by Gasteiger charge is -2.06. The molecule has 0 atom stereocenters. The van der Waals surface area contributed by atoms with Gasteiger partial charge in [-0.25, -0.2) is 9.37 Å². The zero-order valence-corrected chi connectivity index (χ0v) is 17.6. The molecule has 3 aromatic rings. The number of benzene rings is 2. The molecule has 0 saturated heterocycles. The largest absolute Gasteiger partial charge is 0.326 e. The molecule has 0 bridgehead atoms. The number of thiazole rings is 1. The Morgan fingerprint density at radius 2 is 1.73 bits per heavy atom. The summed E-state index contributed by atoms with van der Waals surface area (Å²) in [4.78, 5) is 28.7. The molecule has 156 valence electrons. The highest BCUT2D eigenvalue weighted by atomic mass is 32.1. The Bertz CT molecular complexity index is 984. The number of anilines is 2. The number of aryl methyl sites for hydroxylation is 2. The molecule has 1 heterocycles. The summed E-state index contributed by atoms with van der Waals surface area (Å²) in [5.74, 6) is -0.828. The van der Waals surface area contributed by atoms with Gasteiger partial charge in [-0.3, -0.25) is 14.9 Å². The fourth-order valence-corrected chi connectivity index (χ4v) is 3.59. The number of carbonyl (C=O) groups is 2. The second-order valence-corrected chi connectivity index (χ2v) is 7.81. The lowest BCUT2D eigenvalue weighted by Crippen LogP contribution is -2.13. The van der Waals surface area contributed by atoms with Gasteiger partial charge in [0.2, 0.25) is 5.91 Å². The molecule has 3 rings (SSSR count). The highest BCUT2D eigenvalue weighted by molar-refractivity contribution is 7.14. The van der Waals surface area contributed by atoms with Crippen LogP contribution in [0.1, 0.15) is 47.8 Å². The van der Waals surface area contributed by atoms with Crippen LogP contribution in [0, 0.1) is 5.82 Å². The van der Waals surface area contributed by atoms with E-state index in [0.717, 1.165) is 30.6 Å². The highest BCUT2D eigenvalue weighted by Crippen LogP contribution is 2.18. The molecule has 0 fully saturated rings. The van der Waals surface area contributed by atoms with Crippen LogP contribution in [0.5, 0.6) is 0 Å². The molecule has 0 spiro atoms. The van der Waals surface area contributed by atoms with Gasteiger partial charge >= 0.3 is 0 Å². The van der Waals surface area contributed by atoms with E-state index in [4.69, 9.17) is 0 Å². The second kappa shape index (κ2) is 10.6. The third kappa shape index (κ3) is 6.49. The Morgan fingerprint density at radius 1 is 1.00 bits per heavy atom. The van der Waals surface area contributed by atoms with E-state index in [-0.39, 0.29) is 11.8 Å². The minimum atomic E-state index is -0.395. The number of rotatable bonds is 9. The van der Waals surface area contributed by atoms with E-state index >= 15 is 0 Å². The molecule has 7 heteroatoms. The average Bonchev–Trinajstić information content (AvgIpc) is 3.19. The van der Waals surface area contributed by atoms with Crippen molar-refractivity contribution in [3.05, 3.63) is 76.5 Å². The molecule has 1 aromatic heterocycles. The number of amides is 2. The molecule has 30 heavy (non-hydrogen) atoms. The van der Waals surface area contributed by atoms with Gasteiger partial charge in [0.1, 0.15) is 5.82 Å². The topological polar surface area (TPSA) is 71.1 Å². The first-order valence-electron chi connectivity index (χ1n) is 9.93. The summed E-state index contributed by atoms with van der Waals surface area (Å²) in [6, 6.07) is 13.2. The monoisotopic (exact) mass is 425 g/mol. The van der Waals surface area contributed by atoms with E-state index < -0.39 is 5.82 Å². The van der Waals surface area contributed by atoms with Crippen LogP contribution in [-0.4, -0.2) is 16.8 Å². The van der Waals surface area contributed by atoms with Crippen LogP contribution in [-0.2, 0) is 17.6 Å². The van der Waals surface area contributed by atoms with E-state index in [1.807, 2.05) is 29.6 Å². The van der Waals surface area contributed by atoms with Gasteiger partial charge in [0.05, 0.1) is 5.69 Å². The molecule has 5 nitrogen and oxygen atoms in total. The number of nitrogens with zero attached hydrogens (tertiary/aromatic N) is 1. The summed E-state index contributed by atoms with van der Waals surface area (Å²) < 4.78 is 13.0. The van der Waals surface area contributed by atoms with Gasteiger partial charge in [-0.15, -0.1) is 11.3 Å². The lowest BCUT2D eigenvalue weighted by molar-refractivity contribution is -0.116. The van der Waals surface area contributed by atoms with Crippen LogP contribution in [0.4, 0.5) is 15.2 Å². The minimum Gasteiger partial charge on any atom is -0.326 e. The van der Waals surface area contributed by atoms with Crippen LogP contribution in [0.2, 0.25) is 0 Å². The summed E-state index contributed by atoms with van der Waals surface area (Å²) >= 11 is 1.29. The van der Waals surface area contributed by atoms with Crippen LogP contribution in [0.15, 0.2) is 53.9 Å². The summed E-state index contributed by atoms with van der Waals surface area (Å²) in [7, 11) is 0. The highest BCUT2D eigenvalue weighted by Gasteiger charge is 2.10. The summed E-state index contributed by atoms with van der Waals surface area (Å²) in [6.07, 6.45) is 4.14. The van der Waals surface area contributed by atoms with Crippen LogP contribution < -0.4 is 10.6 Å². The lowest BCUT2D eigenvalue weighted by atomic mass is 10.1. The van der Waals surface area contributed by atoms with Gasteiger partial charge in [-0.05, 0) is 61.2 Å². The van der Waals surface area contributed by atoms with E-state index in [1.54, 1.807) is 0 Å². The first-order chi connectivity index (χ1) is 14.5. The van der Waals surface area contributed by atoms with Crippen molar-refractivity contribution < 1.29 is 14.0 Å². The first-order valence-corrected chi connectivity index (χ1v) is 10.8. The number of nitrogens with one attached hydrogen (secondary N) is 2. The van der Waals surface area contributed by atoms with Gasteiger partial charge < -0.3 is 5.32 Å². The molecule has 2 aromatic carbocycles. The standard InChI is InChI=1S/C23H24FN3O2S/c1-2-3-4-16-5-11-19(12-6-16)25-21(28)14-13-20-15-30-23(26-20)27-22(29)17-7-9-18(24)10-8-17/h5-12,15H,2-4,13-14H2,1H3,(H,25,28)(H,26,27,29). The van der Waals surface area contributed by atoms with Gasteiger partial charge in [0.15, 0.2) is 5.13 Å². The van der Waals surface area contributed by atoms with Crippen molar-refractivity contribution in [2.45, 2.75) is 39.0 Å². The van der Waals surface area contributed by atoms with Crippen LogP contribution in [0.3, 0.4) is 0 Å². The van der Waals surface area contributed by atoms with Crippen molar-refractivity contribution in [1.29, 1.82) is 0 Å². The quantitative estimate of drug-likeness (QED) is 0.479. The maximum atomic E-state index is 13.0. The Morgan fingerprint density at radius 3 is 2.43 bits per heavy atom. The van der Waals surface area contributed by atoms with Crippen molar-refractivity contribution in [3.8, 4) is 0 Å². The Labute approximate surface area is 179 Å². The Balaban J connectivity index is 1.46. The molecule has 0 aliphatic rings. The van der Waals surface area contributed by atoms with E-state index in [9.17, 15) is 14.0 Å². The number of unbranched alkanes of at least 4 members (excludes halogenated alkanes) is 1. The Kier molecular flexibility index (Phi) is 7.68. The van der Waals surface area contributed by atoms with Crippen LogP contribution >= 0.6 is 11.3 Å². The molecule has 0 saturated carbocycles. The van der Waals surface area contributed by atoms with Gasteiger partial charge in [-0.2, -0.15) is 0 Å². The smallest absolute Gasteiger partial charge is 0.257 e. The summed E-state index contributed by atoms with van der Waals surface area (Å²) in [6.45, 7) is 2.17. The SMILES string of the molecule is CCCCc1ccc(NC(=O)CCc2csc(NC(=O)c3ccc(F)cc3)n2)cc1. The molecule has 0 radical (unpaired) electrons. The average molecular weight is 426 g/mol. The maximum absolute atomic E-state index is 13.0. The Hall–Kier alpha value is -3.06. The second-order valence-electron chi connectivity index (χ2n) is 6.95. The van der Waals surface area contributed by atoms with E-state index in [1.165, 1.54) is 41.2 Å². The number of hydrogen-bond donors (Lipinski definition) is 2. The molecule has 2 amide bonds. The number of halogens is 1. The molecule has 0 unspecified atom stereocenters. The molecular weight excluding hydrogens is 401 g/mol. The molecule has 0 aliphatic heterocycles. The zero-order valence-electron chi connectivity index (χ0n) is 16.8. The number of carbonyl (C=O) groups excluding carboxylic acids is 2.